The summed E-state index contributed by atoms with van der Waals surface area (Å²) in [4.78, 5) is 16.5. The van der Waals surface area contributed by atoms with Gasteiger partial charge in [0.1, 0.15) is 11.3 Å². The van der Waals surface area contributed by atoms with Crippen molar-refractivity contribution in [2.24, 2.45) is 0 Å². The van der Waals surface area contributed by atoms with Crippen molar-refractivity contribution < 1.29 is 23.2 Å². The minimum Gasteiger partial charge on any atom is -0.497 e. The van der Waals surface area contributed by atoms with Crippen LogP contribution < -0.4 is 4.74 Å². The van der Waals surface area contributed by atoms with Crippen molar-refractivity contribution in [2.75, 3.05) is 7.11 Å². The Morgan fingerprint density at radius 3 is 2.79 bits per heavy atom. The van der Waals surface area contributed by atoms with E-state index in [0.717, 1.165) is 33.2 Å². The highest BCUT2D eigenvalue weighted by Gasteiger charge is 2.15. The number of aromatic nitrogens is 2. The lowest BCUT2D eigenvalue weighted by Gasteiger charge is -2.02. The third kappa shape index (κ3) is 3.99. The zero-order chi connectivity index (χ0) is 20.4. The Morgan fingerprint density at radius 2 is 1.97 bits per heavy atom. The fourth-order valence-corrected chi connectivity index (χ4v) is 3.01. The summed E-state index contributed by atoms with van der Waals surface area (Å²) in [7, 11) is 1.59. The first-order valence-electron chi connectivity index (χ1n) is 9.13. The maximum Gasteiger partial charge on any atom is 0.310 e. The maximum absolute atomic E-state index is 12.3. The average Bonchev–Trinajstić information content (AvgIpc) is 3.35. The molecule has 0 saturated heterocycles. The van der Waals surface area contributed by atoms with E-state index in [1.54, 1.807) is 19.4 Å². The summed E-state index contributed by atoms with van der Waals surface area (Å²) >= 11 is 0. The number of fused-ring (bicyclic) bond motifs is 1. The van der Waals surface area contributed by atoms with E-state index < -0.39 is 5.97 Å². The van der Waals surface area contributed by atoms with Gasteiger partial charge in [0.05, 0.1) is 19.8 Å². The van der Waals surface area contributed by atoms with Crippen molar-refractivity contribution in [3.63, 3.8) is 0 Å². The van der Waals surface area contributed by atoms with Gasteiger partial charge < -0.3 is 18.4 Å². The molecule has 0 atom stereocenters. The standard InChI is InChI=1S/C22H20N2O5/c1-13-7-18-16(11-27-19(18)8-14(13)2)10-21(25)28-12-20-23-22(24-29-20)15-5-4-6-17(9-15)26-3/h4-9,11H,10,12H2,1-3H3. The highest BCUT2D eigenvalue weighted by Crippen LogP contribution is 2.25. The number of carbonyl (C=O) groups is 1. The molecule has 0 amide bonds. The molecule has 0 spiro atoms. The largest absolute Gasteiger partial charge is 0.497 e. The molecule has 0 fully saturated rings. The first-order valence-corrected chi connectivity index (χ1v) is 9.13. The molecule has 0 saturated carbocycles. The van der Waals surface area contributed by atoms with Crippen molar-refractivity contribution >= 4 is 16.9 Å². The average molecular weight is 392 g/mol. The van der Waals surface area contributed by atoms with Crippen molar-refractivity contribution in [3.8, 4) is 17.1 Å². The van der Waals surface area contributed by atoms with Gasteiger partial charge in [-0.05, 0) is 49.2 Å². The minimum absolute atomic E-state index is 0.0935. The lowest BCUT2D eigenvalue weighted by atomic mass is 10.0. The van der Waals surface area contributed by atoms with E-state index in [9.17, 15) is 4.79 Å². The van der Waals surface area contributed by atoms with Crippen LogP contribution in [0.3, 0.4) is 0 Å². The van der Waals surface area contributed by atoms with Crippen LogP contribution in [0.2, 0.25) is 0 Å². The predicted octanol–water partition coefficient (Wildman–Crippen LogP) is 4.39. The number of nitrogens with zero attached hydrogens (tertiary/aromatic N) is 2. The smallest absolute Gasteiger partial charge is 0.310 e. The normalized spacial score (nSPS) is 11.0. The molecular weight excluding hydrogens is 372 g/mol. The van der Waals surface area contributed by atoms with Gasteiger partial charge in [-0.1, -0.05) is 17.3 Å². The van der Waals surface area contributed by atoms with Gasteiger partial charge in [-0.2, -0.15) is 4.98 Å². The molecule has 0 bridgehead atoms. The highest BCUT2D eigenvalue weighted by atomic mass is 16.6. The molecule has 0 aliphatic carbocycles. The monoisotopic (exact) mass is 392 g/mol. The number of ether oxygens (including phenoxy) is 2. The summed E-state index contributed by atoms with van der Waals surface area (Å²) in [5.41, 5.74) is 4.58. The van der Waals surface area contributed by atoms with Gasteiger partial charge in [0.15, 0.2) is 6.61 Å². The lowest BCUT2D eigenvalue weighted by Crippen LogP contribution is -2.08. The van der Waals surface area contributed by atoms with Crippen LogP contribution >= 0.6 is 0 Å². The quantitative estimate of drug-likeness (QED) is 0.450. The second-order valence-electron chi connectivity index (χ2n) is 6.77. The Balaban J connectivity index is 1.40. The molecule has 0 aliphatic heterocycles. The van der Waals surface area contributed by atoms with E-state index in [1.807, 2.05) is 44.2 Å². The van der Waals surface area contributed by atoms with Crippen LogP contribution in [0.5, 0.6) is 5.75 Å². The second kappa shape index (κ2) is 7.79. The fraction of sp³-hybridized carbons (Fsp3) is 0.227. The van der Waals surface area contributed by atoms with Crippen LogP contribution in [0.15, 0.2) is 51.6 Å². The summed E-state index contributed by atoms with van der Waals surface area (Å²) in [5.74, 6) is 0.923. The second-order valence-corrected chi connectivity index (χ2v) is 6.77. The lowest BCUT2D eigenvalue weighted by molar-refractivity contribution is -0.144. The Hall–Kier alpha value is -3.61. The first-order chi connectivity index (χ1) is 14.0. The molecular formula is C22H20N2O5. The zero-order valence-electron chi connectivity index (χ0n) is 16.4. The molecule has 2 aromatic heterocycles. The Morgan fingerprint density at radius 1 is 1.14 bits per heavy atom. The van der Waals surface area contributed by atoms with Gasteiger partial charge in [-0.15, -0.1) is 0 Å². The number of furan rings is 1. The molecule has 0 radical (unpaired) electrons. The number of hydrogen-bond donors (Lipinski definition) is 0. The molecule has 0 unspecified atom stereocenters. The van der Waals surface area contributed by atoms with Crippen LogP contribution in [0.25, 0.3) is 22.4 Å². The molecule has 7 nitrogen and oxygen atoms in total. The van der Waals surface area contributed by atoms with E-state index >= 15 is 0 Å². The molecule has 2 heterocycles. The first kappa shape index (κ1) is 18.7. The van der Waals surface area contributed by atoms with Gasteiger partial charge in [-0.3, -0.25) is 4.79 Å². The maximum atomic E-state index is 12.3. The number of esters is 1. The molecule has 29 heavy (non-hydrogen) atoms. The van der Waals surface area contributed by atoms with E-state index in [2.05, 4.69) is 10.1 Å². The molecule has 148 valence electrons. The molecule has 0 N–H and O–H groups in total. The fourth-order valence-electron chi connectivity index (χ4n) is 3.01. The number of hydrogen-bond acceptors (Lipinski definition) is 7. The van der Waals surface area contributed by atoms with Crippen LogP contribution in [0.4, 0.5) is 0 Å². The van der Waals surface area contributed by atoms with E-state index in [-0.39, 0.29) is 18.9 Å². The molecule has 4 aromatic rings. The third-order valence-electron chi connectivity index (χ3n) is 4.76. The van der Waals surface area contributed by atoms with Crippen LogP contribution in [-0.2, 0) is 22.6 Å². The Bertz CT molecular complexity index is 1180. The molecule has 7 heteroatoms. The summed E-state index contributed by atoms with van der Waals surface area (Å²) in [5, 5.41) is 4.85. The van der Waals surface area contributed by atoms with Gasteiger partial charge in [0, 0.05) is 16.5 Å². The van der Waals surface area contributed by atoms with Crippen molar-refractivity contribution in [1.82, 2.24) is 10.1 Å². The predicted molar refractivity (Wildman–Crippen MR) is 105 cm³/mol. The van der Waals surface area contributed by atoms with E-state index in [4.69, 9.17) is 18.4 Å². The Kier molecular flexibility index (Phi) is 5.03. The highest BCUT2D eigenvalue weighted by molar-refractivity contribution is 5.86. The van der Waals surface area contributed by atoms with Crippen LogP contribution in [0, 0.1) is 13.8 Å². The number of methoxy groups -OCH3 is 1. The van der Waals surface area contributed by atoms with Crippen molar-refractivity contribution in [3.05, 3.63) is 65.2 Å². The van der Waals surface area contributed by atoms with Gasteiger partial charge in [0.25, 0.3) is 5.89 Å². The number of carbonyl (C=O) groups excluding carboxylic acids is 1. The van der Waals surface area contributed by atoms with E-state index in [0.29, 0.717) is 11.6 Å². The molecule has 0 aliphatic rings. The number of aryl methyl sites for hydroxylation is 2. The number of rotatable bonds is 6. The number of benzene rings is 2. The topological polar surface area (TPSA) is 87.6 Å². The zero-order valence-corrected chi connectivity index (χ0v) is 16.4. The van der Waals surface area contributed by atoms with Crippen LogP contribution in [0.1, 0.15) is 22.6 Å². The van der Waals surface area contributed by atoms with Gasteiger partial charge in [0.2, 0.25) is 5.82 Å². The molecule has 4 rings (SSSR count). The minimum atomic E-state index is -0.396. The summed E-state index contributed by atoms with van der Waals surface area (Å²) in [6.07, 6.45) is 1.70. The Labute approximate surface area is 167 Å². The van der Waals surface area contributed by atoms with E-state index in [1.165, 1.54) is 0 Å². The summed E-state index contributed by atoms with van der Waals surface area (Å²) < 4.78 is 21.2. The summed E-state index contributed by atoms with van der Waals surface area (Å²) in [6, 6.07) is 11.3. The van der Waals surface area contributed by atoms with Crippen molar-refractivity contribution in [2.45, 2.75) is 26.9 Å². The SMILES string of the molecule is COc1cccc(-c2noc(COC(=O)Cc3coc4cc(C)c(C)cc34)n2)c1. The van der Waals surface area contributed by atoms with Gasteiger partial charge >= 0.3 is 5.97 Å². The van der Waals surface area contributed by atoms with Crippen molar-refractivity contribution in [1.29, 1.82) is 0 Å². The molecule has 2 aromatic carbocycles. The third-order valence-corrected chi connectivity index (χ3v) is 4.76. The van der Waals surface area contributed by atoms with Gasteiger partial charge in [-0.25, -0.2) is 0 Å². The summed E-state index contributed by atoms with van der Waals surface area (Å²) in [6.45, 7) is 3.96. The van der Waals surface area contributed by atoms with Crippen LogP contribution in [-0.4, -0.2) is 23.2 Å².